The van der Waals surface area contributed by atoms with Crippen LogP contribution in [-0.4, -0.2) is 72.2 Å². The number of nitrogens with zero attached hydrogens (tertiary/aromatic N) is 3. The Balaban J connectivity index is 1.78. The molecular weight excluding hydrogens is 350 g/mol. The molecule has 0 N–H and O–H groups in total. The van der Waals surface area contributed by atoms with Crippen LogP contribution in [0.5, 0.6) is 0 Å². The molecule has 24 heavy (non-hydrogen) atoms. The van der Waals surface area contributed by atoms with E-state index < -0.39 is 0 Å². The van der Waals surface area contributed by atoms with Crippen molar-refractivity contribution in [2.75, 3.05) is 33.7 Å². The molecule has 0 saturated carbocycles. The van der Waals surface area contributed by atoms with Gasteiger partial charge >= 0.3 is 0 Å². The van der Waals surface area contributed by atoms with Crippen molar-refractivity contribution in [2.45, 2.75) is 18.9 Å². The number of carbonyl (C=O) groups excluding carboxylic acids is 3. The van der Waals surface area contributed by atoms with Crippen molar-refractivity contribution in [1.82, 2.24) is 14.7 Å². The quantitative estimate of drug-likeness (QED) is 0.812. The number of fused-ring (bicyclic) bond motifs is 4. The molecule has 8 heteroatoms. The average Bonchev–Trinajstić information content (AvgIpc) is 2.79. The summed E-state index contributed by atoms with van der Waals surface area (Å²) in [7, 11) is 3.36. The molecule has 2 bridgehead atoms. The van der Waals surface area contributed by atoms with Crippen LogP contribution < -0.4 is 0 Å². The van der Waals surface area contributed by atoms with Crippen LogP contribution in [0.25, 0.3) is 0 Å². The minimum Gasteiger partial charge on any atom is -0.347 e. The van der Waals surface area contributed by atoms with Gasteiger partial charge in [-0.15, -0.1) is 11.3 Å². The third-order valence-corrected chi connectivity index (χ3v) is 5.89. The van der Waals surface area contributed by atoms with E-state index in [0.29, 0.717) is 22.3 Å². The first-order valence-electron chi connectivity index (χ1n) is 7.92. The SMILES string of the molecule is CN(C)C(=O)CN1C(=O)[C@@H]2CC[C@H]1CN(C(=O)c1ccc(Cl)s1)C2. The van der Waals surface area contributed by atoms with Crippen LogP contribution >= 0.6 is 22.9 Å². The van der Waals surface area contributed by atoms with Gasteiger partial charge in [0.25, 0.3) is 5.91 Å². The molecule has 6 nitrogen and oxygen atoms in total. The highest BCUT2D eigenvalue weighted by Crippen LogP contribution is 2.31. The zero-order valence-corrected chi connectivity index (χ0v) is 15.3. The van der Waals surface area contributed by atoms with E-state index in [1.54, 1.807) is 36.0 Å². The van der Waals surface area contributed by atoms with Crippen LogP contribution in [0, 0.1) is 5.92 Å². The van der Waals surface area contributed by atoms with Crippen molar-refractivity contribution in [3.63, 3.8) is 0 Å². The first-order chi connectivity index (χ1) is 11.4. The van der Waals surface area contributed by atoms with Gasteiger partial charge in [-0.2, -0.15) is 0 Å². The lowest BCUT2D eigenvalue weighted by molar-refractivity contribution is -0.145. The smallest absolute Gasteiger partial charge is 0.264 e. The summed E-state index contributed by atoms with van der Waals surface area (Å²) in [4.78, 5) is 42.9. The van der Waals surface area contributed by atoms with Gasteiger partial charge in [-0.25, -0.2) is 0 Å². The van der Waals surface area contributed by atoms with E-state index in [-0.39, 0.29) is 36.2 Å². The number of thiophene rings is 1. The molecule has 0 aliphatic carbocycles. The number of amides is 3. The summed E-state index contributed by atoms with van der Waals surface area (Å²) in [6.45, 7) is 0.966. The largest absolute Gasteiger partial charge is 0.347 e. The lowest BCUT2D eigenvalue weighted by Crippen LogP contribution is -2.51. The highest BCUT2D eigenvalue weighted by molar-refractivity contribution is 7.17. The first kappa shape index (κ1) is 17.2. The first-order valence-corrected chi connectivity index (χ1v) is 9.11. The Hall–Kier alpha value is -1.60. The molecule has 3 amide bonds. The molecular formula is C16H20ClN3O3S. The van der Waals surface area contributed by atoms with E-state index >= 15 is 0 Å². The molecule has 1 aromatic rings. The average molecular weight is 370 g/mol. The Bertz CT molecular complexity index is 675. The Kier molecular flexibility index (Phi) is 4.83. The van der Waals surface area contributed by atoms with Gasteiger partial charge in [0.1, 0.15) is 6.54 Å². The van der Waals surface area contributed by atoms with Crippen molar-refractivity contribution >= 4 is 40.7 Å². The standard InChI is InChI=1S/C16H20ClN3O3S/c1-18(2)14(21)9-20-11-4-3-10(15(20)22)7-19(8-11)16(23)12-5-6-13(17)24-12/h5-6,10-11H,3-4,7-9H2,1-2H3/t10-,11+/m1/s1. The predicted molar refractivity (Wildman–Crippen MR) is 92.2 cm³/mol. The maximum absolute atomic E-state index is 12.7. The van der Waals surface area contributed by atoms with Crippen LogP contribution in [0.4, 0.5) is 0 Å². The topological polar surface area (TPSA) is 60.9 Å². The minimum absolute atomic E-state index is 0.0130. The molecule has 3 aliphatic heterocycles. The molecule has 0 aromatic carbocycles. The summed E-state index contributed by atoms with van der Waals surface area (Å²) >= 11 is 7.17. The van der Waals surface area contributed by atoms with Crippen LogP contribution in [0.3, 0.4) is 0 Å². The Morgan fingerprint density at radius 3 is 2.67 bits per heavy atom. The maximum atomic E-state index is 12.7. The lowest BCUT2D eigenvalue weighted by atomic mass is 9.94. The summed E-state index contributed by atoms with van der Waals surface area (Å²) in [6, 6.07) is 3.33. The molecule has 1 aromatic heterocycles. The molecule has 3 saturated heterocycles. The summed E-state index contributed by atoms with van der Waals surface area (Å²) < 4.78 is 0.574. The number of rotatable bonds is 3. The third kappa shape index (κ3) is 3.28. The van der Waals surface area contributed by atoms with Gasteiger partial charge in [0, 0.05) is 33.2 Å². The second kappa shape index (κ2) is 6.72. The predicted octanol–water partition coefficient (Wildman–Crippen LogP) is 1.55. The lowest BCUT2D eigenvalue weighted by Gasteiger charge is -2.35. The molecule has 3 aliphatic rings. The Morgan fingerprint density at radius 2 is 2.04 bits per heavy atom. The van der Waals surface area contributed by atoms with Crippen LogP contribution in [0.2, 0.25) is 4.34 Å². The fourth-order valence-corrected chi connectivity index (χ4v) is 4.30. The molecule has 130 valence electrons. The fraction of sp³-hybridized carbons (Fsp3) is 0.562. The second-order valence-corrected chi connectivity index (χ2v) is 8.21. The monoisotopic (exact) mass is 369 g/mol. The number of hydrogen-bond acceptors (Lipinski definition) is 4. The number of hydrogen-bond donors (Lipinski definition) is 0. The van der Waals surface area contributed by atoms with E-state index in [1.807, 2.05) is 0 Å². The summed E-state index contributed by atoms with van der Waals surface area (Å²) in [5, 5.41) is 0. The van der Waals surface area contributed by atoms with Gasteiger partial charge in [0.05, 0.1) is 15.1 Å². The van der Waals surface area contributed by atoms with Crippen molar-refractivity contribution in [3.8, 4) is 0 Å². The maximum Gasteiger partial charge on any atom is 0.264 e. The number of piperidine rings is 1. The Labute approximate surface area is 150 Å². The van der Waals surface area contributed by atoms with Crippen molar-refractivity contribution in [3.05, 3.63) is 21.3 Å². The molecule has 4 rings (SSSR count). The second-order valence-electron chi connectivity index (χ2n) is 6.50. The van der Waals surface area contributed by atoms with Crippen LogP contribution in [0.1, 0.15) is 22.5 Å². The Morgan fingerprint density at radius 1 is 1.29 bits per heavy atom. The van der Waals surface area contributed by atoms with Crippen molar-refractivity contribution in [2.24, 2.45) is 5.92 Å². The van der Waals surface area contributed by atoms with E-state index in [9.17, 15) is 14.4 Å². The van der Waals surface area contributed by atoms with Crippen LogP contribution in [-0.2, 0) is 9.59 Å². The van der Waals surface area contributed by atoms with Crippen LogP contribution in [0.15, 0.2) is 12.1 Å². The molecule has 2 atom stereocenters. The normalized spacial score (nSPS) is 23.4. The number of carbonyl (C=O) groups is 3. The third-order valence-electron chi connectivity index (χ3n) is 4.67. The number of likely N-dealkylation sites (N-methyl/N-ethyl adjacent to an activating group) is 1. The summed E-state index contributed by atoms with van der Waals surface area (Å²) in [5.41, 5.74) is 0. The van der Waals surface area contributed by atoms with Gasteiger partial charge in [0.15, 0.2) is 0 Å². The zero-order valence-electron chi connectivity index (χ0n) is 13.7. The van der Waals surface area contributed by atoms with E-state index in [0.717, 1.165) is 12.8 Å². The zero-order chi connectivity index (χ0) is 17.4. The number of halogens is 1. The molecule has 3 fully saturated rings. The van der Waals surface area contributed by atoms with Gasteiger partial charge in [-0.1, -0.05) is 11.6 Å². The molecule has 0 unspecified atom stereocenters. The molecule has 0 spiro atoms. The highest BCUT2D eigenvalue weighted by atomic mass is 35.5. The highest BCUT2D eigenvalue weighted by Gasteiger charge is 2.42. The molecule has 0 radical (unpaired) electrons. The van der Waals surface area contributed by atoms with Crippen molar-refractivity contribution in [1.29, 1.82) is 0 Å². The minimum atomic E-state index is -0.224. The van der Waals surface area contributed by atoms with E-state index in [2.05, 4.69) is 0 Å². The van der Waals surface area contributed by atoms with Gasteiger partial charge < -0.3 is 14.7 Å². The summed E-state index contributed by atoms with van der Waals surface area (Å²) in [6.07, 6.45) is 1.59. The van der Waals surface area contributed by atoms with E-state index in [1.165, 1.54) is 16.2 Å². The van der Waals surface area contributed by atoms with Gasteiger partial charge in [-0.3, -0.25) is 14.4 Å². The van der Waals surface area contributed by atoms with E-state index in [4.69, 9.17) is 11.6 Å². The van der Waals surface area contributed by atoms with Gasteiger partial charge in [-0.05, 0) is 25.0 Å². The van der Waals surface area contributed by atoms with Crippen molar-refractivity contribution < 1.29 is 14.4 Å². The van der Waals surface area contributed by atoms with Gasteiger partial charge in [0.2, 0.25) is 11.8 Å². The fourth-order valence-electron chi connectivity index (χ4n) is 3.29. The molecule has 4 heterocycles. The summed E-state index contributed by atoms with van der Waals surface area (Å²) in [5.74, 6) is -0.421.